The average molecular weight is 264 g/mol. The zero-order valence-electron chi connectivity index (χ0n) is 10.1. The molecule has 19 heavy (non-hydrogen) atoms. The lowest BCUT2D eigenvalue weighted by Crippen LogP contribution is -2.06. The van der Waals surface area contributed by atoms with Crippen molar-refractivity contribution in [2.75, 3.05) is 7.11 Å². The van der Waals surface area contributed by atoms with Crippen molar-refractivity contribution in [2.24, 2.45) is 0 Å². The summed E-state index contributed by atoms with van der Waals surface area (Å²) < 4.78 is 30.7. The van der Waals surface area contributed by atoms with Gasteiger partial charge in [0.2, 0.25) is 0 Å². The maximum atomic E-state index is 13.0. The van der Waals surface area contributed by atoms with Gasteiger partial charge in [-0.3, -0.25) is 4.79 Å². The SMILES string of the molecule is COc1ncc(C(=O)Cc2cc(F)cc(F)c2)cn1. The molecule has 1 aromatic heterocycles. The third-order valence-electron chi connectivity index (χ3n) is 2.42. The minimum atomic E-state index is -0.714. The first-order valence-electron chi connectivity index (χ1n) is 5.42. The van der Waals surface area contributed by atoms with Crippen LogP contribution >= 0.6 is 0 Å². The van der Waals surface area contributed by atoms with Crippen molar-refractivity contribution in [3.8, 4) is 6.01 Å². The summed E-state index contributed by atoms with van der Waals surface area (Å²) in [4.78, 5) is 19.5. The third kappa shape index (κ3) is 3.31. The number of ketones is 1. The normalized spacial score (nSPS) is 10.3. The quantitative estimate of drug-likeness (QED) is 0.794. The summed E-state index contributed by atoms with van der Waals surface area (Å²) >= 11 is 0. The molecule has 0 aliphatic carbocycles. The molecule has 0 fully saturated rings. The van der Waals surface area contributed by atoms with Crippen LogP contribution in [0.25, 0.3) is 0 Å². The Morgan fingerprint density at radius 1 is 1.16 bits per heavy atom. The van der Waals surface area contributed by atoms with Crippen LogP contribution in [0, 0.1) is 11.6 Å². The molecule has 0 unspecified atom stereocenters. The van der Waals surface area contributed by atoms with Crippen LogP contribution in [-0.2, 0) is 6.42 Å². The molecule has 6 heteroatoms. The van der Waals surface area contributed by atoms with Gasteiger partial charge in [0.05, 0.1) is 12.7 Å². The van der Waals surface area contributed by atoms with Gasteiger partial charge in [0.15, 0.2) is 5.78 Å². The van der Waals surface area contributed by atoms with Crippen molar-refractivity contribution >= 4 is 5.78 Å². The highest BCUT2D eigenvalue weighted by atomic mass is 19.1. The lowest BCUT2D eigenvalue weighted by atomic mass is 10.1. The minimum Gasteiger partial charge on any atom is -0.467 e. The standard InChI is InChI=1S/C13H10F2N2O2/c1-19-13-16-6-9(7-17-13)12(18)4-8-2-10(14)5-11(15)3-8/h2-3,5-7H,4H2,1H3. The maximum Gasteiger partial charge on any atom is 0.316 e. The Balaban J connectivity index is 2.15. The molecule has 2 aromatic rings. The van der Waals surface area contributed by atoms with Crippen LogP contribution in [0.15, 0.2) is 30.6 Å². The maximum absolute atomic E-state index is 13.0. The van der Waals surface area contributed by atoms with E-state index < -0.39 is 11.6 Å². The number of benzene rings is 1. The highest BCUT2D eigenvalue weighted by molar-refractivity contribution is 5.96. The summed E-state index contributed by atoms with van der Waals surface area (Å²) in [7, 11) is 1.41. The van der Waals surface area contributed by atoms with Crippen molar-refractivity contribution in [2.45, 2.75) is 6.42 Å². The third-order valence-corrected chi connectivity index (χ3v) is 2.42. The molecule has 0 atom stereocenters. The van der Waals surface area contributed by atoms with E-state index >= 15 is 0 Å². The second-order valence-corrected chi connectivity index (χ2v) is 3.84. The first kappa shape index (κ1) is 13.1. The van der Waals surface area contributed by atoms with Gasteiger partial charge in [0.25, 0.3) is 0 Å². The Kier molecular flexibility index (Phi) is 3.79. The van der Waals surface area contributed by atoms with E-state index in [1.807, 2.05) is 0 Å². The van der Waals surface area contributed by atoms with E-state index in [4.69, 9.17) is 4.74 Å². The summed E-state index contributed by atoms with van der Waals surface area (Å²) in [5.74, 6) is -1.75. The zero-order valence-corrected chi connectivity index (χ0v) is 10.1. The fraction of sp³-hybridized carbons (Fsp3) is 0.154. The number of halogens is 2. The molecule has 0 amide bonds. The van der Waals surface area contributed by atoms with Crippen molar-refractivity contribution < 1.29 is 18.3 Å². The lowest BCUT2D eigenvalue weighted by Gasteiger charge is -2.02. The Morgan fingerprint density at radius 3 is 2.26 bits per heavy atom. The number of methoxy groups -OCH3 is 1. The van der Waals surface area contributed by atoms with Crippen LogP contribution in [0.1, 0.15) is 15.9 Å². The van der Waals surface area contributed by atoms with Crippen LogP contribution in [0.4, 0.5) is 8.78 Å². The molecule has 0 aliphatic heterocycles. The number of ether oxygens (including phenoxy) is 1. The van der Waals surface area contributed by atoms with Gasteiger partial charge in [0.1, 0.15) is 11.6 Å². The van der Waals surface area contributed by atoms with E-state index in [0.717, 1.165) is 18.2 Å². The van der Waals surface area contributed by atoms with Gasteiger partial charge in [-0.2, -0.15) is 0 Å². The van der Waals surface area contributed by atoms with Crippen LogP contribution in [0.3, 0.4) is 0 Å². The van der Waals surface area contributed by atoms with Crippen molar-refractivity contribution in [3.63, 3.8) is 0 Å². The van der Waals surface area contributed by atoms with Gasteiger partial charge in [-0.1, -0.05) is 0 Å². The summed E-state index contributed by atoms with van der Waals surface area (Å²) in [5.41, 5.74) is 0.517. The lowest BCUT2D eigenvalue weighted by molar-refractivity contribution is 0.0992. The second-order valence-electron chi connectivity index (χ2n) is 3.84. The number of hydrogen-bond donors (Lipinski definition) is 0. The summed E-state index contributed by atoms with van der Waals surface area (Å²) in [6, 6.07) is 3.13. The number of carbonyl (C=O) groups excluding carboxylic acids is 1. The molecule has 0 saturated heterocycles. The molecule has 0 spiro atoms. The molecule has 1 aromatic carbocycles. The van der Waals surface area contributed by atoms with E-state index in [2.05, 4.69) is 9.97 Å². The molecule has 4 nitrogen and oxygen atoms in total. The number of Topliss-reactive ketones (excluding diaryl/α,β-unsaturated/α-hetero) is 1. The Hall–Kier alpha value is -2.37. The summed E-state index contributed by atoms with van der Waals surface area (Å²) in [6.45, 7) is 0. The zero-order chi connectivity index (χ0) is 13.8. The molecule has 0 bridgehead atoms. The molecule has 1 heterocycles. The highest BCUT2D eigenvalue weighted by Gasteiger charge is 2.10. The van der Waals surface area contributed by atoms with E-state index in [1.165, 1.54) is 19.5 Å². The molecular weight excluding hydrogens is 254 g/mol. The minimum absolute atomic E-state index is 0.121. The van der Waals surface area contributed by atoms with E-state index in [1.54, 1.807) is 0 Å². The van der Waals surface area contributed by atoms with Gasteiger partial charge in [-0.15, -0.1) is 0 Å². The van der Waals surface area contributed by atoms with Gasteiger partial charge in [0, 0.05) is 24.9 Å². The molecule has 0 N–H and O–H groups in total. The van der Waals surface area contributed by atoms with Crippen LogP contribution in [0.5, 0.6) is 6.01 Å². The molecule has 2 rings (SSSR count). The Labute approximate surface area is 108 Å². The van der Waals surface area contributed by atoms with E-state index in [0.29, 0.717) is 0 Å². The molecular formula is C13H10F2N2O2. The van der Waals surface area contributed by atoms with Crippen molar-refractivity contribution in [3.05, 3.63) is 53.4 Å². The molecule has 0 radical (unpaired) electrons. The number of nitrogens with zero attached hydrogens (tertiary/aromatic N) is 2. The van der Waals surface area contributed by atoms with Crippen LogP contribution in [-0.4, -0.2) is 22.9 Å². The summed E-state index contributed by atoms with van der Waals surface area (Å²) in [5, 5.41) is 0. The van der Waals surface area contributed by atoms with Gasteiger partial charge in [-0.05, 0) is 17.7 Å². The number of carbonyl (C=O) groups is 1. The molecule has 0 saturated carbocycles. The number of rotatable bonds is 4. The van der Waals surface area contributed by atoms with Crippen molar-refractivity contribution in [1.82, 2.24) is 9.97 Å². The summed E-state index contributed by atoms with van der Waals surface area (Å²) in [6.07, 6.45) is 2.50. The van der Waals surface area contributed by atoms with Gasteiger partial charge in [-0.25, -0.2) is 18.7 Å². The fourth-order valence-corrected chi connectivity index (χ4v) is 1.57. The monoisotopic (exact) mass is 264 g/mol. The predicted molar refractivity (Wildman–Crippen MR) is 63.0 cm³/mol. The van der Waals surface area contributed by atoms with Gasteiger partial charge < -0.3 is 4.74 Å². The Morgan fingerprint density at radius 2 is 1.74 bits per heavy atom. The first-order chi connectivity index (χ1) is 9.08. The largest absolute Gasteiger partial charge is 0.467 e. The van der Waals surface area contributed by atoms with E-state index in [9.17, 15) is 13.6 Å². The predicted octanol–water partition coefficient (Wildman–Crippen LogP) is 2.19. The second kappa shape index (κ2) is 5.51. The van der Waals surface area contributed by atoms with E-state index in [-0.39, 0.29) is 29.3 Å². The van der Waals surface area contributed by atoms with Crippen LogP contribution < -0.4 is 4.74 Å². The highest BCUT2D eigenvalue weighted by Crippen LogP contribution is 2.11. The van der Waals surface area contributed by atoms with Gasteiger partial charge >= 0.3 is 6.01 Å². The van der Waals surface area contributed by atoms with Crippen LogP contribution in [0.2, 0.25) is 0 Å². The molecule has 0 aliphatic rings. The Bertz CT molecular complexity index is 580. The van der Waals surface area contributed by atoms with Crippen molar-refractivity contribution in [1.29, 1.82) is 0 Å². The average Bonchev–Trinajstić information content (AvgIpc) is 2.37. The topological polar surface area (TPSA) is 52.1 Å². The first-order valence-corrected chi connectivity index (χ1v) is 5.42. The molecule has 98 valence electrons. The fourth-order valence-electron chi connectivity index (χ4n) is 1.57. The smallest absolute Gasteiger partial charge is 0.316 e. The number of aromatic nitrogens is 2. The number of hydrogen-bond acceptors (Lipinski definition) is 4.